The molecule has 0 spiro atoms. The summed E-state index contributed by atoms with van der Waals surface area (Å²) in [7, 11) is 0. The minimum Gasteiger partial charge on any atom is -0.356 e. The average Bonchev–Trinajstić information content (AvgIpc) is 2.91. The Bertz CT molecular complexity index is 594. The molecule has 2 heterocycles. The number of nitrogens with one attached hydrogen (secondary N) is 1. The molecule has 0 atom stereocenters. The SMILES string of the molecule is Fc1ccc(-c2oncc2CN2CCNCC2)cc1F. The van der Waals surface area contributed by atoms with E-state index in [0.29, 0.717) is 17.9 Å². The Morgan fingerprint density at radius 2 is 2.00 bits per heavy atom. The third-order valence-electron chi connectivity index (χ3n) is 3.43. The van der Waals surface area contributed by atoms with Crippen LogP contribution in [0.15, 0.2) is 28.9 Å². The summed E-state index contributed by atoms with van der Waals surface area (Å²) >= 11 is 0. The molecule has 4 nitrogen and oxygen atoms in total. The van der Waals surface area contributed by atoms with E-state index in [1.54, 1.807) is 6.20 Å². The highest BCUT2D eigenvalue weighted by molar-refractivity contribution is 5.60. The monoisotopic (exact) mass is 279 g/mol. The van der Waals surface area contributed by atoms with Gasteiger partial charge in [0, 0.05) is 43.9 Å². The van der Waals surface area contributed by atoms with Crippen molar-refractivity contribution in [3.05, 3.63) is 41.6 Å². The highest BCUT2D eigenvalue weighted by Gasteiger charge is 2.17. The van der Waals surface area contributed by atoms with Crippen molar-refractivity contribution in [3.8, 4) is 11.3 Å². The number of hydrogen-bond donors (Lipinski definition) is 1. The third kappa shape index (κ3) is 2.71. The molecular formula is C14H15F2N3O. The highest BCUT2D eigenvalue weighted by Crippen LogP contribution is 2.26. The predicted octanol–water partition coefficient (Wildman–Crippen LogP) is 2.02. The number of piperazine rings is 1. The van der Waals surface area contributed by atoms with Crippen LogP contribution in [-0.4, -0.2) is 36.2 Å². The van der Waals surface area contributed by atoms with E-state index in [1.165, 1.54) is 6.07 Å². The van der Waals surface area contributed by atoms with Crippen molar-refractivity contribution in [3.63, 3.8) is 0 Å². The molecule has 0 radical (unpaired) electrons. The average molecular weight is 279 g/mol. The fraction of sp³-hybridized carbons (Fsp3) is 0.357. The Morgan fingerprint density at radius 3 is 2.75 bits per heavy atom. The Morgan fingerprint density at radius 1 is 1.20 bits per heavy atom. The Hall–Kier alpha value is -1.79. The Labute approximate surface area is 115 Å². The van der Waals surface area contributed by atoms with Crippen LogP contribution >= 0.6 is 0 Å². The van der Waals surface area contributed by atoms with E-state index in [0.717, 1.165) is 43.9 Å². The lowest BCUT2D eigenvalue weighted by molar-refractivity contribution is 0.233. The van der Waals surface area contributed by atoms with Crippen molar-refractivity contribution in [1.29, 1.82) is 0 Å². The van der Waals surface area contributed by atoms with Gasteiger partial charge in [0.05, 0.1) is 6.20 Å². The minimum absolute atomic E-state index is 0.502. The Balaban J connectivity index is 1.83. The van der Waals surface area contributed by atoms with E-state index in [1.807, 2.05) is 0 Å². The summed E-state index contributed by atoms with van der Waals surface area (Å²) in [6.07, 6.45) is 1.64. The van der Waals surface area contributed by atoms with Gasteiger partial charge in [-0.1, -0.05) is 5.16 Å². The lowest BCUT2D eigenvalue weighted by atomic mass is 10.1. The van der Waals surface area contributed by atoms with E-state index in [9.17, 15) is 8.78 Å². The maximum atomic E-state index is 13.3. The maximum absolute atomic E-state index is 13.3. The number of rotatable bonds is 3. The second-order valence-electron chi connectivity index (χ2n) is 4.84. The predicted molar refractivity (Wildman–Crippen MR) is 70.0 cm³/mol. The van der Waals surface area contributed by atoms with Crippen LogP contribution in [-0.2, 0) is 6.54 Å². The lowest BCUT2D eigenvalue weighted by Gasteiger charge is -2.26. The highest BCUT2D eigenvalue weighted by atomic mass is 19.2. The zero-order chi connectivity index (χ0) is 13.9. The van der Waals surface area contributed by atoms with Gasteiger partial charge in [-0.15, -0.1) is 0 Å². The van der Waals surface area contributed by atoms with Crippen LogP contribution in [0, 0.1) is 11.6 Å². The molecule has 1 aliphatic rings. The molecule has 0 aliphatic carbocycles. The molecule has 1 aromatic carbocycles. The zero-order valence-corrected chi connectivity index (χ0v) is 10.9. The second kappa shape index (κ2) is 5.68. The van der Waals surface area contributed by atoms with Crippen LogP contribution in [0.25, 0.3) is 11.3 Å². The van der Waals surface area contributed by atoms with Crippen LogP contribution in [0.5, 0.6) is 0 Å². The third-order valence-corrected chi connectivity index (χ3v) is 3.43. The quantitative estimate of drug-likeness (QED) is 0.933. The molecule has 0 unspecified atom stereocenters. The van der Waals surface area contributed by atoms with Gasteiger partial charge in [0.25, 0.3) is 0 Å². The molecule has 106 valence electrons. The summed E-state index contributed by atoms with van der Waals surface area (Å²) in [5, 5.41) is 7.06. The smallest absolute Gasteiger partial charge is 0.171 e. The molecular weight excluding hydrogens is 264 g/mol. The van der Waals surface area contributed by atoms with Gasteiger partial charge in [-0.3, -0.25) is 4.90 Å². The lowest BCUT2D eigenvalue weighted by Crippen LogP contribution is -2.42. The van der Waals surface area contributed by atoms with Gasteiger partial charge in [-0.25, -0.2) is 8.78 Å². The summed E-state index contributed by atoms with van der Waals surface area (Å²) < 4.78 is 31.5. The summed E-state index contributed by atoms with van der Waals surface area (Å²) in [6, 6.07) is 3.74. The van der Waals surface area contributed by atoms with Crippen LogP contribution in [0.4, 0.5) is 8.78 Å². The molecule has 1 saturated heterocycles. The first-order valence-electron chi connectivity index (χ1n) is 6.56. The standard InChI is InChI=1S/C14H15F2N3O/c15-12-2-1-10(7-13(12)16)14-11(8-18-20-14)9-19-5-3-17-4-6-19/h1-2,7-8,17H,3-6,9H2. The maximum Gasteiger partial charge on any atom is 0.171 e. The number of benzene rings is 1. The first-order chi connectivity index (χ1) is 9.74. The van der Waals surface area contributed by atoms with E-state index >= 15 is 0 Å². The topological polar surface area (TPSA) is 41.3 Å². The summed E-state index contributed by atoms with van der Waals surface area (Å²) in [6.45, 7) is 4.49. The number of nitrogens with zero attached hydrogens (tertiary/aromatic N) is 2. The van der Waals surface area contributed by atoms with Crippen molar-refractivity contribution < 1.29 is 13.3 Å². The molecule has 0 bridgehead atoms. The summed E-state index contributed by atoms with van der Waals surface area (Å²) in [5.74, 6) is -1.24. The van der Waals surface area contributed by atoms with Crippen molar-refractivity contribution in [2.45, 2.75) is 6.54 Å². The van der Waals surface area contributed by atoms with Crippen molar-refractivity contribution in [2.24, 2.45) is 0 Å². The molecule has 3 rings (SSSR count). The first kappa shape index (κ1) is 13.2. The molecule has 2 aromatic rings. The molecule has 1 aliphatic heterocycles. The van der Waals surface area contributed by atoms with Crippen LogP contribution < -0.4 is 5.32 Å². The molecule has 1 aromatic heterocycles. The van der Waals surface area contributed by atoms with Gasteiger partial charge in [-0.05, 0) is 18.2 Å². The molecule has 6 heteroatoms. The van der Waals surface area contributed by atoms with E-state index in [4.69, 9.17) is 4.52 Å². The second-order valence-corrected chi connectivity index (χ2v) is 4.84. The fourth-order valence-corrected chi connectivity index (χ4v) is 2.36. The Kier molecular flexibility index (Phi) is 3.75. The summed E-state index contributed by atoms with van der Waals surface area (Å²) in [5.41, 5.74) is 1.39. The fourth-order valence-electron chi connectivity index (χ4n) is 2.36. The number of aromatic nitrogens is 1. The van der Waals surface area contributed by atoms with Gasteiger partial charge in [0.1, 0.15) is 0 Å². The summed E-state index contributed by atoms with van der Waals surface area (Å²) in [4.78, 5) is 2.27. The largest absolute Gasteiger partial charge is 0.356 e. The van der Waals surface area contributed by atoms with Crippen LogP contribution in [0.1, 0.15) is 5.56 Å². The van der Waals surface area contributed by atoms with Gasteiger partial charge >= 0.3 is 0 Å². The zero-order valence-electron chi connectivity index (χ0n) is 10.9. The molecule has 0 saturated carbocycles. The van der Waals surface area contributed by atoms with Crippen molar-refractivity contribution >= 4 is 0 Å². The van der Waals surface area contributed by atoms with Crippen LogP contribution in [0.3, 0.4) is 0 Å². The van der Waals surface area contributed by atoms with Gasteiger partial charge in [0.2, 0.25) is 0 Å². The number of halogens is 2. The molecule has 1 N–H and O–H groups in total. The molecule has 1 fully saturated rings. The molecule has 0 amide bonds. The first-order valence-corrected chi connectivity index (χ1v) is 6.56. The van der Waals surface area contributed by atoms with Gasteiger partial charge in [-0.2, -0.15) is 0 Å². The van der Waals surface area contributed by atoms with Crippen molar-refractivity contribution in [2.75, 3.05) is 26.2 Å². The van der Waals surface area contributed by atoms with Crippen molar-refractivity contribution in [1.82, 2.24) is 15.4 Å². The van der Waals surface area contributed by atoms with Gasteiger partial charge in [0.15, 0.2) is 17.4 Å². The van der Waals surface area contributed by atoms with E-state index in [2.05, 4.69) is 15.4 Å². The normalized spacial score (nSPS) is 16.5. The number of hydrogen-bond acceptors (Lipinski definition) is 4. The van der Waals surface area contributed by atoms with Gasteiger partial charge < -0.3 is 9.84 Å². The molecule has 20 heavy (non-hydrogen) atoms. The van der Waals surface area contributed by atoms with E-state index < -0.39 is 11.6 Å². The minimum atomic E-state index is -0.882. The van der Waals surface area contributed by atoms with Crippen LogP contribution in [0.2, 0.25) is 0 Å². The van der Waals surface area contributed by atoms with E-state index in [-0.39, 0.29) is 0 Å².